The summed E-state index contributed by atoms with van der Waals surface area (Å²) in [4.78, 5) is 4.54. The van der Waals surface area contributed by atoms with E-state index < -0.39 is 0 Å². The van der Waals surface area contributed by atoms with Crippen LogP contribution in [-0.2, 0) is 4.74 Å². The van der Waals surface area contributed by atoms with E-state index in [1.807, 2.05) is 26.0 Å². The zero-order valence-electron chi connectivity index (χ0n) is 9.56. The Bertz CT molecular complexity index is 357. The summed E-state index contributed by atoms with van der Waals surface area (Å²) in [6.07, 6.45) is 1.83. The van der Waals surface area contributed by atoms with E-state index in [1.165, 1.54) is 0 Å². The number of rotatable bonds is 6. The molecular formula is C11H17N3OS. The van der Waals surface area contributed by atoms with Gasteiger partial charge in [0.2, 0.25) is 0 Å². The predicted octanol–water partition coefficient (Wildman–Crippen LogP) is 1.55. The quantitative estimate of drug-likeness (QED) is 0.738. The minimum absolute atomic E-state index is 0.131. The van der Waals surface area contributed by atoms with Crippen molar-refractivity contribution >= 4 is 23.0 Å². The molecule has 1 rings (SSSR count). The van der Waals surface area contributed by atoms with Crippen molar-refractivity contribution in [3.05, 3.63) is 23.9 Å². The minimum atomic E-state index is 0.131. The van der Waals surface area contributed by atoms with E-state index in [0.717, 1.165) is 5.56 Å². The number of nitrogens with two attached hydrogens (primary N) is 1. The fourth-order valence-electron chi connectivity index (χ4n) is 1.33. The summed E-state index contributed by atoms with van der Waals surface area (Å²) in [6, 6.07) is 3.66. The molecule has 0 aliphatic carbocycles. The Kier molecular flexibility index (Phi) is 5.14. The van der Waals surface area contributed by atoms with Crippen LogP contribution in [0.15, 0.2) is 18.3 Å². The van der Waals surface area contributed by atoms with Crippen LogP contribution in [-0.4, -0.2) is 29.2 Å². The zero-order valence-corrected chi connectivity index (χ0v) is 10.4. The van der Waals surface area contributed by atoms with Crippen LogP contribution in [0.1, 0.15) is 19.4 Å². The van der Waals surface area contributed by atoms with Crippen molar-refractivity contribution in [2.75, 3.05) is 18.5 Å². The molecule has 5 heteroatoms. The molecule has 1 atom stereocenters. The van der Waals surface area contributed by atoms with E-state index in [4.69, 9.17) is 22.7 Å². The molecule has 88 valence electrons. The number of thiocarbonyl (C=S) groups is 1. The third-order valence-corrected chi connectivity index (χ3v) is 2.30. The van der Waals surface area contributed by atoms with Crippen molar-refractivity contribution in [3.8, 4) is 0 Å². The van der Waals surface area contributed by atoms with Gasteiger partial charge in [-0.3, -0.25) is 0 Å². The number of nitrogens with one attached hydrogen (secondary N) is 1. The van der Waals surface area contributed by atoms with Crippen LogP contribution in [0.3, 0.4) is 0 Å². The van der Waals surface area contributed by atoms with Gasteiger partial charge in [-0.2, -0.15) is 0 Å². The highest BCUT2D eigenvalue weighted by Crippen LogP contribution is 2.11. The molecular weight excluding hydrogens is 222 g/mol. The Hall–Kier alpha value is -1.20. The van der Waals surface area contributed by atoms with Crippen LogP contribution in [0.5, 0.6) is 0 Å². The molecule has 0 aliphatic rings. The van der Waals surface area contributed by atoms with Crippen molar-refractivity contribution < 1.29 is 4.74 Å². The average Bonchev–Trinajstić information content (AvgIpc) is 2.27. The Morgan fingerprint density at radius 1 is 1.69 bits per heavy atom. The van der Waals surface area contributed by atoms with Gasteiger partial charge in [-0.15, -0.1) is 0 Å². The largest absolute Gasteiger partial charge is 0.389 e. The number of ether oxygens (including phenoxy) is 1. The molecule has 1 unspecified atom stereocenters. The van der Waals surface area contributed by atoms with Gasteiger partial charge in [0.05, 0.1) is 11.7 Å². The Morgan fingerprint density at radius 3 is 3.06 bits per heavy atom. The first-order chi connectivity index (χ1) is 7.65. The lowest BCUT2D eigenvalue weighted by molar-refractivity contribution is 0.0855. The summed E-state index contributed by atoms with van der Waals surface area (Å²) in [5, 5.41) is 3.18. The van der Waals surface area contributed by atoms with Gasteiger partial charge >= 0.3 is 0 Å². The van der Waals surface area contributed by atoms with Gasteiger partial charge in [0.25, 0.3) is 0 Å². The molecule has 1 heterocycles. The number of anilines is 1. The highest BCUT2D eigenvalue weighted by molar-refractivity contribution is 7.80. The molecule has 0 amide bonds. The molecule has 0 bridgehead atoms. The molecule has 0 radical (unpaired) electrons. The van der Waals surface area contributed by atoms with E-state index in [2.05, 4.69) is 10.3 Å². The molecule has 0 saturated heterocycles. The molecule has 0 saturated carbocycles. The van der Waals surface area contributed by atoms with Crippen LogP contribution in [0.25, 0.3) is 0 Å². The molecule has 3 N–H and O–H groups in total. The van der Waals surface area contributed by atoms with Gasteiger partial charge in [0, 0.05) is 19.3 Å². The normalized spacial score (nSPS) is 12.1. The standard InChI is InChI=1S/C11H17N3OS/c1-3-15-8(2)7-14-11-9(10(12)16)5-4-6-13-11/h4-6,8H,3,7H2,1-2H3,(H2,12,16)(H,13,14). The second-order valence-electron chi connectivity index (χ2n) is 3.41. The summed E-state index contributed by atoms with van der Waals surface area (Å²) in [5.74, 6) is 0.710. The Balaban J connectivity index is 2.63. The van der Waals surface area contributed by atoms with Gasteiger partial charge in [-0.05, 0) is 26.0 Å². The molecule has 0 spiro atoms. The maximum atomic E-state index is 5.60. The van der Waals surface area contributed by atoms with Crippen molar-refractivity contribution in [3.63, 3.8) is 0 Å². The first-order valence-corrected chi connectivity index (χ1v) is 5.66. The molecule has 4 nitrogen and oxygen atoms in total. The average molecular weight is 239 g/mol. The number of hydrogen-bond acceptors (Lipinski definition) is 4. The van der Waals surface area contributed by atoms with E-state index in [9.17, 15) is 0 Å². The predicted molar refractivity (Wildman–Crippen MR) is 69.7 cm³/mol. The maximum Gasteiger partial charge on any atom is 0.136 e. The second-order valence-corrected chi connectivity index (χ2v) is 3.85. The molecule has 16 heavy (non-hydrogen) atoms. The van der Waals surface area contributed by atoms with Crippen LogP contribution < -0.4 is 11.1 Å². The fraction of sp³-hybridized carbons (Fsp3) is 0.455. The van der Waals surface area contributed by atoms with Crippen molar-refractivity contribution in [2.45, 2.75) is 20.0 Å². The van der Waals surface area contributed by atoms with Crippen molar-refractivity contribution in [1.29, 1.82) is 0 Å². The zero-order chi connectivity index (χ0) is 12.0. The van der Waals surface area contributed by atoms with E-state index in [0.29, 0.717) is 24.0 Å². The third kappa shape index (κ3) is 3.75. The first-order valence-electron chi connectivity index (χ1n) is 5.25. The highest BCUT2D eigenvalue weighted by atomic mass is 32.1. The van der Waals surface area contributed by atoms with Crippen LogP contribution >= 0.6 is 12.2 Å². The van der Waals surface area contributed by atoms with Crippen LogP contribution in [0, 0.1) is 0 Å². The smallest absolute Gasteiger partial charge is 0.136 e. The first kappa shape index (κ1) is 12.9. The lowest BCUT2D eigenvalue weighted by atomic mass is 10.2. The molecule has 0 aliphatic heterocycles. The fourth-order valence-corrected chi connectivity index (χ4v) is 1.49. The molecule has 0 aromatic carbocycles. The monoisotopic (exact) mass is 239 g/mol. The van der Waals surface area contributed by atoms with Gasteiger partial charge in [0.15, 0.2) is 0 Å². The van der Waals surface area contributed by atoms with E-state index in [-0.39, 0.29) is 6.10 Å². The SMILES string of the molecule is CCOC(C)CNc1ncccc1C(N)=S. The van der Waals surface area contributed by atoms with Crippen molar-refractivity contribution in [2.24, 2.45) is 5.73 Å². The molecule has 1 aromatic heterocycles. The van der Waals surface area contributed by atoms with Crippen molar-refractivity contribution in [1.82, 2.24) is 4.98 Å². The van der Waals surface area contributed by atoms with Crippen LogP contribution in [0.4, 0.5) is 5.82 Å². The minimum Gasteiger partial charge on any atom is -0.389 e. The van der Waals surface area contributed by atoms with Gasteiger partial charge < -0.3 is 15.8 Å². The topological polar surface area (TPSA) is 60.2 Å². The number of nitrogens with zero attached hydrogens (tertiary/aromatic N) is 1. The molecule has 0 fully saturated rings. The summed E-state index contributed by atoms with van der Waals surface area (Å²) >= 11 is 4.95. The van der Waals surface area contributed by atoms with Gasteiger partial charge in [0.1, 0.15) is 10.8 Å². The number of aromatic nitrogens is 1. The lowest BCUT2D eigenvalue weighted by Crippen LogP contribution is -2.22. The van der Waals surface area contributed by atoms with Gasteiger partial charge in [-0.1, -0.05) is 12.2 Å². The molecule has 1 aromatic rings. The highest BCUT2D eigenvalue weighted by Gasteiger charge is 2.07. The summed E-state index contributed by atoms with van der Waals surface area (Å²) in [5.41, 5.74) is 6.36. The number of hydrogen-bond donors (Lipinski definition) is 2. The van der Waals surface area contributed by atoms with Crippen LogP contribution in [0.2, 0.25) is 0 Å². The Labute approximate surface area is 101 Å². The third-order valence-electron chi connectivity index (χ3n) is 2.08. The summed E-state index contributed by atoms with van der Waals surface area (Å²) in [6.45, 7) is 5.35. The lowest BCUT2D eigenvalue weighted by Gasteiger charge is -2.14. The van der Waals surface area contributed by atoms with E-state index >= 15 is 0 Å². The Morgan fingerprint density at radius 2 is 2.44 bits per heavy atom. The van der Waals surface area contributed by atoms with E-state index in [1.54, 1.807) is 6.20 Å². The number of pyridine rings is 1. The van der Waals surface area contributed by atoms with Gasteiger partial charge in [-0.25, -0.2) is 4.98 Å². The maximum absolute atomic E-state index is 5.60. The summed E-state index contributed by atoms with van der Waals surface area (Å²) < 4.78 is 5.41. The summed E-state index contributed by atoms with van der Waals surface area (Å²) in [7, 11) is 0. The second kappa shape index (κ2) is 6.40.